The first-order valence-corrected chi connectivity index (χ1v) is 6.56. The summed E-state index contributed by atoms with van der Waals surface area (Å²) in [5.74, 6) is 5.09. The molecule has 0 aliphatic carbocycles. The van der Waals surface area contributed by atoms with Crippen molar-refractivity contribution >= 4 is 11.6 Å². The van der Waals surface area contributed by atoms with Crippen LogP contribution >= 0.6 is 0 Å². The number of aliphatic hydroxyl groups is 1. The second-order valence-electron chi connectivity index (χ2n) is 4.55. The average Bonchev–Trinajstić information content (AvgIpc) is 2.48. The molecule has 0 saturated carbocycles. The lowest BCUT2D eigenvalue weighted by Crippen LogP contribution is -2.14. The number of rotatable bonds is 2. The van der Waals surface area contributed by atoms with Gasteiger partial charge in [-0.1, -0.05) is 24.0 Å². The summed E-state index contributed by atoms with van der Waals surface area (Å²) in [4.78, 5) is 16.7. The van der Waals surface area contributed by atoms with E-state index >= 15 is 0 Å². The molecule has 0 atom stereocenters. The summed E-state index contributed by atoms with van der Waals surface area (Å²) < 4.78 is 0. The number of hydrogen-bond acceptors (Lipinski definition) is 3. The Bertz CT molecular complexity index is 727. The number of pyridine rings is 1. The van der Waals surface area contributed by atoms with Crippen LogP contribution in [0.2, 0.25) is 0 Å². The molecule has 0 unspecified atom stereocenters. The summed E-state index contributed by atoms with van der Waals surface area (Å²) in [5.41, 5.74) is 3.40. The Morgan fingerprint density at radius 2 is 2.00 bits per heavy atom. The lowest BCUT2D eigenvalue weighted by molar-refractivity contribution is 0.102. The fourth-order valence-corrected chi connectivity index (χ4v) is 1.93. The molecule has 4 heteroatoms. The molecule has 0 spiro atoms. The first kappa shape index (κ1) is 14.8. The van der Waals surface area contributed by atoms with Gasteiger partial charge in [0.25, 0.3) is 5.91 Å². The van der Waals surface area contributed by atoms with Gasteiger partial charge < -0.3 is 10.4 Å². The van der Waals surface area contributed by atoms with E-state index in [-0.39, 0.29) is 12.5 Å². The zero-order valence-electron chi connectivity index (χ0n) is 12.0. The standard InChI is InChI=1S/C17H16N2O2/c1-12-9-10-16(13(2)18-12)19-17(21)15-8-4-3-6-14(15)7-5-11-20/h3-4,6,8-10,20H,11H2,1-2H3,(H,19,21). The van der Waals surface area contributed by atoms with E-state index in [1.54, 1.807) is 24.3 Å². The molecule has 1 aromatic heterocycles. The number of amides is 1. The smallest absolute Gasteiger partial charge is 0.256 e. The van der Waals surface area contributed by atoms with Crippen LogP contribution in [0, 0.1) is 25.7 Å². The van der Waals surface area contributed by atoms with Crippen molar-refractivity contribution in [1.82, 2.24) is 4.98 Å². The summed E-state index contributed by atoms with van der Waals surface area (Å²) in [6.45, 7) is 3.51. The minimum absolute atomic E-state index is 0.239. The maximum atomic E-state index is 12.4. The van der Waals surface area contributed by atoms with E-state index in [0.717, 1.165) is 11.4 Å². The first-order valence-electron chi connectivity index (χ1n) is 6.56. The van der Waals surface area contributed by atoms with Crippen LogP contribution in [0.25, 0.3) is 0 Å². The summed E-state index contributed by atoms with van der Waals surface area (Å²) in [5, 5.41) is 11.6. The Balaban J connectivity index is 2.28. The number of benzene rings is 1. The average molecular weight is 280 g/mol. The molecule has 21 heavy (non-hydrogen) atoms. The summed E-state index contributed by atoms with van der Waals surface area (Å²) in [7, 11) is 0. The highest BCUT2D eigenvalue weighted by Crippen LogP contribution is 2.15. The molecule has 1 aromatic carbocycles. The lowest BCUT2D eigenvalue weighted by atomic mass is 10.1. The SMILES string of the molecule is Cc1ccc(NC(=O)c2ccccc2C#CCO)c(C)n1. The minimum Gasteiger partial charge on any atom is -0.384 e. The van der Waals surface area contributed by atoms with Gasteiger partial charge in [0.05, 0.1) is 16.9 Å². The molecule has 0 aliphatic rings. The molecule has 1 heterocycles. The summed E-state index contributed by atoms with van der Waals surface area (Å²) in [6, 6.07) is 10.7. The largest absolute Gasteiger partial charge is 0.384 e. The molecule has 0 aliphatic heterocycles. The number of hydrogen-bond donors (Lipinski definition) is 2. The van der Waals surface area contributed by atoms with Crippen LogP contribution in [0.4, 0.5) is 5.69 Å². The topological polar surface area (TPSA) is 62.2 Å². The maximum Gasteiger partial charge on any atom is 0.256 e. The second kappa shape index (κ2) is 6.69. The molecule has 106 valence electrons. The van der Waals surface area contributed by atoms with Gasteiger partial charge in [-0.2, -0.15) is 0 Å². The Kier molecular flexibility index (Phi) is 4.70. The second-order valence-corrected chi connectivity index (χ2v) is 4.55. The van der Waals surface area contributed by atoms with E-state index in [9.17, 15) is 4.79 Å². The molecule has 0 saturated heterocycles. The van der Waals surface area contributed by atoms with Crippen LogP contribution in [0.3, 0.4) is 0 Å². The predicted molar refractivity (Wildman–Crippen MR) is 82.1 cm³/mol. The van der Waals surface area contributed by atoms with E-state index in [4.69, 9.17) is 5.11 Å². The maximum absolute atomic E-state index is 12.4. The van der Waals surface area contributed by atoms with E-state index in [0.29, 0.717) is 16.8 Å². The van der Waals surface area contributed by atoms with E-state index in [1.807, 2.05) is 26.0 Å². The molecule has 1 amide bonds. The molecule has 0 fully saturated rings. The van der Waals surface area contributed by atoms with Gasteiger partial charge in [-0.3, -0.25) is 9.78 Å². The molecule has 4 nitrogen and oxygen atoms in total. The normalized spacial score (nSPS) is 9.67. The minimum atomic E-state index is -0.244. The van der Waals surface area contributed by atoms with Gasteiger partial charge in [0.15, 0.2) is 0 Å². The third-order valence-electron chi connectivity index (χ3n) is 2.95. The number of nitrogens with zero attached hydrogens (tertiary/aromatic N) is 1. The van der Waals surface area contributed by atoms with Crippen LogP contribution in [-0.4, -0.2) is 22.6 Å². The predicted octanol–water partition coefficient (Wildman–Crippen LogP) is 2.29. The van der Waals surface area contributed by atoms with Gasteiger partial charge >= 0.3 is 0 Å². The van der Waals surface area contributed by atoms with E-state index < -0.39 is 0 Å². The van der Waals surface area contributed by atoms with Crippen molar-refractivity contribution in [3.63, 3.8) is 0 Å². The zero-order chi connectivity index (χ0) is 15.2. The number of carbonyl (C=O) groups is 1. The highest BCUT2D eigenvalue weighted by Gasteiger charge is 2.11. The number of aryl methyl sites for hydroxylation is 2. The van der Waals surface area contributed by atoms with Gasteiger partial charge in [-0.15, -0.1) is 0 Å². The molecule has 0 bridgehead atoms. The fraction of sp³-hybridized carbons (Fsp3) is 0.176. The molecular weight excluding hydrogens is 264 g/mol. The number of carbonyl (C=O) groups excluding carboxylic acids is 1. The van der Waals surface area contributed by atoms with Crippen molar-refractivity contribution in [2.24, 2.45) is 0 Å². The van der Waals surface area contributed by atoms with E-state index in [1.165, 1.54) is 0 Å². The third kappa shape index (κ3) is 3.68. The van der Waals surface area contributed by atoms with Crippen molar-refractivity contribution in [1.29, 1.82) is 0 Å². The summed E-state index contributed by atoms with van der Waals surface area (Å²) in [6.07, 6.45) is 0. The fourth-order valence-electron chi connectivity index (χ4n) is 1.93. The van der Waals surface area contributed by atoms with Crippen molar-refractivity contribution in [3.8, 4) is 11.8 Å². The first-order chi connectivity index (χ1) is 10.1. The summed E-state index contributed by atoms with van der Waals surface area (Å²) >= 11 is 0. The van der Waals surface area contributed by atoms with Crippen LogP contribution in [0.15, 0.2) is 36.4 Å². The quantitative estimate of drug-likeness (QED) is 0.830. The van der Waals surface area contributed by atoms with Crippen molar-refractivity contribution in [3.05, 3.63) is 58.9 Å². The van der Waals surface area contributed by atoms with Gasteiger partial charge in [0.1, 0.15) is 6.61 Å². The van der Waals surface area contributed by atoms with Crippen LogP contribution in [0.1, 0.15) is 27.3 Å². The number of aliphatic hydroxyl groups excluding tert-OH is 1. The van der Waals surface area contributed by atoms with Crippen LogP contribution < -0.4 is 5.32 Å². The van der Waals surface area contributed by atoms with E-state index in [2.05, 4.69) is 22.1 Å². The number of aromatic nitrogens is 1. The Labute approximate surface area is 123 Å². The van der Waals surface area contributed by atoms with Crippen LogP contribution in [-0.2, 0) is 0 Å². The Hall–Kier alpha value is -2.64. The molecule has 0 radical (unpaired) electrons. The highest BCUT2D eigenvalue weighted by molar-refractivity contribution is 6.06. The molecule has 2 rings (SSSR count). The van der Waals surface area contributed by atoms with Gasteiger partial charge in [-0.05, 0) is 38.1 Å². The van der Waals surface area contributed by atoms with Crippen molar-refractivity contribution < 1.29 is 9.90 Å². The molecular formula is C17H16N2O2. The number of anilines is 1. The molecule has 2 N–H and O–H groups in total. The van der Waals surface area contributed by atoms with Gasteiger partial charge in [0.2, 0.25) is 0 Å². The van der Waals surface area contributed by atoms with Crippen molar-refractivity contribution in [2.45, 2.75) is 13.8 Å². The number of nitrogens with one attached hydrogen (secondary N) is 1. The lowest BCUT2D eigenvalue weighted by Gasteiger charge is -2.09. The third-order valence-corrected chi connectivity index (χ3v) is 2.95. The molecule has 2 aromatic rings. The monoisotopic (exact) mass is 280 g/mol. The van der Waals surface area contributed by atoms with Gasteiger partial charge in [-0.25, -0.2) is 0 Å². The Morgan fingerprint density at radius 3 is 2.71 bits per heavy atom. The Morgan fingerprint density at radius 1 is 1.24 bits per heavy atom. The van der Waals surface area contributed by atoms with Crippen LogP contribution in [0.5, 0.6) is 0 Å². The van der Waals surface area contributed by atoms with Gasteiger partial charge in [0, 0.05) is 11.3 Å². The zero-order valence-corrected chi connectivity index (χ0v) is 12.0. The highest BCUT2D eigenvalue weighted by atomic mass is 16.2. The van der Waals surface area contributed by atoms with Crippen molar-refractivity contribution in [2.75, 3.05) is 11.9 Å².